The molecule has 0 radical (unpaired) electrons. The van der Waals surface area contributed by atoms with Gasteiger partial charge >= 0.3 is 12.6 Å². The fourth-order valence-corrected chi connectivity index (χ4v) is 4.52. The topological polar surface area (TPSA) is 63.2 Å². The van der Waals surface area contributed by atoms with Gasteiger partial charge in [0.05, 0.1) is 12.3 Å². The van der Waals surface area contributed by atoms with E-state index in [2.05, 4.69) is 15.2 Å². The number of benzene rings is 3. The zero-order valence-electron chi connectivity index (χ0n) is 19.4. The number of alkyl halides is 2. The molecule has 180 valence electrons. The molecule has 1 unspecified atom stereocenters. The van der Waals surface area contributed by atoms with Crippen molar-refractivity contribution in [1.82, 2.24) is 5.01 Å². The number of carbonyl (C=O) groups excluding carboxylic acids is 1. The number of halogens is 2. The number of hydrogen-bond acceptors (Lipinski definition) is 4. The van der Waals surface area contributed by atoms with Gasteiger partial charge in [-0.15, -0.1) is 0 Å². The molecule has 2 aliphatic heterocycles. The average molecular weight is 478 g/mol. The highest BCUT2D eigenvalue weighted by atomic mass is 19.3. The van der Waals surface area contributed by atoms with Crippen molar-refractivity contribution in [2.75, 3.05) is 11.9 Å². The first kappa shape index (κ1) is 22.8. The minimum Gasteiger partial charge on any atom is -0.487 e. The van der Waals surface area contributed by atoms with Crippen LogP contribution in [-0.2, 0) is 6.42 Å². The number of urea groups is 1. The summed E-state index contributed by atoms with van der Waals surface area (Å²) < 4.78 is 35.4. The van der Waals surface area contributed by atoms with E-state index < -0.39 is 6.61 Å². The summed E-state index contributed by atoms with van der Waals surface area (Å²) in [5, 5.41) is 8.97. The molecule has 2 amide bonds. The first-order valence-corrected chi connectivity index (χ1v) is 11.4. The maximum absolute atomic E-state index is 13.1. The predicted molar refractivity (Wildman–Crippen MR) is 129 cm³/mol. The van der Waals surface area contributed by atoms with Crippen molar-refractivity contribution < 1.29 is 23.0 Å². The molecular weight excluding hydrogens is 452 g/mol. The highest BCUT2D eigenvalue weighted by molar-refractivity contribution is 6.08. The summed E-state index contributed by atoms with van der Waals surface area (Å²) in [5.74, 6) is 0.730. The Hall–Kier alpha value is -3.94. The normalized spacial score (nSPS) is 18.1. The van der Waals surface area contributed by atoms with Gasteiger partial charge in [0.15, 0.2) is 0 Å². The van der Waals surface area contributed by atoms with Crippen molar-refractivity contribution in [2.45, 2.75) is 38.4 Å². The first-order valence-electron chi connectivity index (χ1n) is 11.4. The Bertz CT molecular complexity index is 1260. The zero-order chi connectivity index (χ0) is 24.6. The standard InChI is InChI=1S/C27H25F2N3O3/c1-27(2)15-19-14-20(10-13-23(19)35-27)30-26(33)32-16-22(17-6-4-3-5-7-17)24(31-32)18-8-11-21(12-9-18)34-25(28)29/h3-14,22,25H,15-16H2,1-2H3,(H,30,33). The van der Waals surface area contributed by atoms with Gasteiger partial charge in [-0.25, -0.2) is 9.80 Å². The summed E-state index contributed by atoms with van der Waals surface area (Å²) in [7, 11) is 0. The van der Waals surface area contributed by atoms with Crippen molar-refractivity contribution >= 4 is 17.4 Å². The number of carbonyl (C=O) groups is 1. The zero-order valence-corrected chi connectivity index (χ0v) is 19.4. The summed E-state index contributed by atoms with van der Waals surface area (Å²) in [6.45, 7) is 1.52. The SMILES string of the molecule is CC1(C)Cc2cc(NC(=O)N3CC(c4ccccc4)C(c4ccc(OC(F)F)cc4)=N3)ccc2O1. The van der Waals surface area contributed by atoms with E-state index in [1.165, 1.54) is 17.1 Å². The monoisotopic (exact) mass is 477 g/mol. The van der Waals surface area contributed by atoms with Gasteiger partial charge in [0.1, 0.15) is 17.1 Å². The molecule has 5 rings (SSSR count). The van der Waals surface area contributed by atoms with Crippen LogP contribution in [0.3, 0.4) is 0 Å². The lowest BCUT2D eigenvalue weighted by molar-refractivity contribution is -0.0498. The van der Waals surface area contributed by atoms with E-state index in [1.54, 1.807) is 12.1 Å². The maximum Gasteiger partial charge on any atom is 0.387 e. The van der Waals surface area contributed by atoms with Crippen LogP contribution in [0, 0.1) is 0 Å². The molecule has 1 N–H and O–H groups in total. The van der Waals surface area contributed by atoms with Gasteiger partial charge in [-0.1, -0.05) is 30.3 Å². The van der Waals surface area contributed by atoms with Gasteiger partial charge in [-0.3, -0.25) is 0 Å². The van der Waals surface area contributed by atoms with Crippen molar-refractivity contribution in [3.05, 3.63) is 89.5 Å². The molecule has 0 spiro atoms. The molecular formula is C27H25F2N3O3. The highest BCUT2D eigenvalue weighted by Crippen LogP contribution is 2.36. The number of hydrazone groups is 1. The molecule has 0 saturated heterocycles. The lowest BCUT2D eigenvalue weighted by Crippen LogP contribution is -2.30. The summed E-state index contributed by atoms with van der Waals surface area (Å²) in [4.78, 5) is 13.1. The molecule has 0 aromatic heterocycles. The predicted octanol–water partition coefficient (Wildman–Crippen LogP) is 6.04. The van der Waals surface area contributed by atoms with Crippen LogP contribution in [0.1, 0.15) is 36.5 Å². The lowest BCUT2D eigenvalue weighted by Gasteiger charge is -2.16. The molecule has 0 aliphatic carbocycles. The largest absolute Gasteiger partial charge is 0.487 e. The van der Waals surface area contributed by atoms with E-state index in [1.807, 2.05) is 62.4 Å². The van der Waals surface area contributed by atoms with Crippen molar-refractivity contribution in [3.63, 3.8) is 0 Å². The van der Waals surface area contributed by atoms with E-state index in [4.69, 9.17) is 4.74 Å². The van der Waals surface area contributed by atoms with Crippen LogP contribution in [0.2, 0.25) is 0 Å². The molecule has 0 saturated carbocycles. The van der Waals surface area contributed by atoms with Crippen LogP contribution < -0.4 is 14.8 Å². The molecule has 0 bridgehead atoms. The van der Waals surface area contributed by atoms with Crippen LogP contribution in [0.4, 0.5) is 19.3 Å². The van der Waals surface area contributed by atoms with E-state index >= 15 is 0 Å². The molecule has 6 nitrogen and oxygen atoms in total. The van der Waals surface area contributed by atoms with E-state index in [0.29, 0.717) is 17.9 Å². The molecule has 3 aromatic rings. The first-order chi connectivity index (χ1) is 16.8. The van der Waals surface area contributed by atoms with Crippen molar-refractivity contribution in [2.24, 2.45) is 5.10 Å². The summed E-state index contributed by atoms with van der Waals surface area (Å²) in [6.07, 6.45) is 0.763. The summed E-state index contributed by atoms with van der Waals surface area (Å²) >= 11 is 0. The molecule has 1 atom stereocenters. The third-order valence-electron chi connectivity index (χ3n) is 6.04. The molecule has 2 heterocycles. The van der Waals surface area contributed by atoms with E-state index in [0.717, 1.165) is 28.9 Å². The third-order valence-corrected chi connectivity index (χ3v) is 6.04. The summed E-state index contributed by atoms with van der Waals surface area (Å²) in [5.41, 5.74) is 3.87. The van der Waals surface area contributed by atoms with Gasteiger partial charge in [0.2, 0.25) is 0 Å². The Labute approximate surface area is 202 Å². The second-order valence-electron chi connectivity index (χ2n) is 9.22. The number of anilines is 1. The van der Waals surface area contributed by atoms with E-state index in [-0.39, 0.29) is 23.3 Å². The van der Waals surface area contributed by atoms with Crippen LogP contribution in [0.15, 0.2) is 77.9 Å². The Morgan fingerprint density at radius 3 is 2.57 bits per heavy atom. The molecule has 8 heteroatoms. The second kappa shape index (κ2) is 9.02. The molecule has 3 aromatic carbocycles. The summed E-state index contributed by atoms with van der Waals surface area (Å²) in [6, 6.07) is 21.3. The van der Waals surface area contributed by atoms with E-state index in [9.17, 15) is 13.6 Å². The van der Waals surface area contributed by atoms with Gasteiger partial charge in [0.25, 0.3) is 0 Å². The highest BCUT2D eigenvalue weighted by Gasteiger charge is 2.33. The number of nitrogens with zero attached hydrogens (tertiary/aromatic N) is 2. The lowest BCUT2D eigenvalue weighted by atomic mass is 9.90. The third kappa shape index (κ3) is 4.96. The number of amides is 2. The fraction of sp³-hybridized carbons (Fsp3) is 0.259. The van der Waals surface area contributed by atoms with Crippen LogP contribution in [-0.4, -0.2) is 35.5 Å². The number of nitrogens with one attached hydrogen (secondary N) is 1. The second-order valence-corrected chi connectivity index (χ2v) is 9.22. The number of hydrogen-bond donors (Lipinski definition) is 1. The van der Waals surface area contributed by atoms with Gasteiger partial charge < -0.3 is 14.8 Å². The Morgan fingerprint density at radius 2 is 1.86 bits per heavy atom. The Morgan fingerprint density at radius 1 is 1.11 bits per heavy atom. The van der Waals surface area contributed by atoms with Gasteiger partial charge in [0, 0.05) is 23.6 Å². The molecule has 35 heavy (non-hydrogen) atoms. The minimum absolute atomic E-state index is 0.0666. The fourth-order valence-electron chi connectivity index (χ4n) is 4.52. The quantitative estimate of drug-likeness (QED) is 0.488. The van der Waals surface area contributed by atoms with Gasteiger partial charge in [-0.05, 0) is 67.4 Å². The Balaban J connectivity index is 1.38. The minimum atomic E-state index is -2.89. The van der Waals surface area contributed by atoms with Crippen LogP contribution in [0.5, 0.6) is 11.5 Å². The number of ether oxygens (including phenoxy) is 2. The van der Waals surface area contributed by atoms with Crippen LogP contribution >= 0.6 is 0 Å². The van der Waals surface area contributed by atoms with Crippen LogP contribution in [0.25, 0.3) is 0 Å². The molecule has 2 aliphatic rings. The molecule has 0 fully saturated rings. The van der Waals surface area contributed by atoms with Gasteiger partial charge in [-0.2, -0.15) is 13.9 Å². The van der Waals surface area contributed by atoms with Crippen molar-refractivity contribution in [1.29, 1.82) is 0 Å². The maximum atomic E-state index is 13.1. The smallest absolute Gasteiger partial charge is 0.387 e. The van der Waals surface area contributed by atoms with Crippen molar-refractivity contribution in [3.8, 4) is 11.5 Å². The Kier molecular flexibility index (Phi) is 5.88. The number of fused-ring (bicyclic) bond motifs is 1. The average Bonchev–Trinajstić information content (AvgIpc) is 3.39. The number of rotatable bonds is 5.